The van der Waals surface area contributed by atoms with Crippen molar-refractivity contribution in [2.75, 3.05) is 13.2 Å². The summed E-state index contributed by atoms with van der Waals surface area (Å²) in [5, 5.41) is 12.3. The van der Waals surface area contributed by atoms with E-state index in [0.29, 0.717) is 24.7 Å². The average Bonchev–Trinajstić information content (AvgIpc) is 2.92. The fourth-order valence-electron chi connectivity index (χ4n) is 2.15. The molecule has 0 radical (unpaired) electrons. The van der Waals surface area contributed by atoms with E-state index < -0.39 is 12.0 Å². The Labute approximate surface area is 121 Å². The lowest BCUT2D eigenvalue weighted by atomic mass is 10.0. The van der Waals surface area contributed by atoms with E-state index in [1.165, 1.54) is 0 Å². The lowest BCUT2D eigenvalue weighted by molar-refractivity contribution is -0.137. The molecule has 0 aliphatic carbocycles. The molecular formula is C14H16ClNO4. The second-order valence-corrected chi connectivity index (χ2v) is 5.21. The highest BCUT2D eigenvalue weighted by atomic mass is 35.5. The molecule has 0 bridgehead atoms. The Bertz CT molecular complexity index is 482. The summed E-state index contributed by atoms with van der Waals surface area (Å²) >= 11 is 5.81. The fourth-order valence-corrected chi connectivity index (χ4v) is 2.28. The number of aliphatic carboxylic acids is 1. The summed E-state index contributed by atoms with van der Waals surface area (Å²) in [7, 11) is 0. The summed E-state index contributed by atoms with van der Waals surface area (Å²) < 4.78 is 5.17. The molecule has 0 saturated carbocycles. The predicted molar refractivity (Wildman–Crippen MR) is 73.5 cm³/mol. The highest BCUT2D eigenvalue weighted by Crippen LogP contribution is 2.21. The van der Waals surface area contributed by atoms with Crippen molar-refractivity contribution in [2.24, 2.45) is 5.92 Å². The summed E-state index contributed by atoms with van der Waals surface area (Å²) in [5.41, 5.74) is 0.726. The van der Waals surface area contributed by atoms with Crippen molar-refractivity contribution in [2.45, 2.75) is 18.9 Å². The maximum atomic E-state index is 12.1. The zero-order chi connectivity index (χ0) is 14.5. The molecule has 0 spiro atoms. The van der Waals surface area contributed by atoms with Crippen molar-refractivity contribution in [3.05, 3.63) is 34.9 Å². The first-order valence-corrected chi connectivity index (χ1v) is 6.79. The molecule has 6 heteroatoms. The van der Waals surface area contributed by atoms with E-state index in [-0.39, 0.29) is 18.2 Å². The number of amides is 1. The van der Waals surface area contributed by atoms with Crippen LogP contribution in [-0.2, 0) is 14.3 Å². The van der Waals surface area contributed by atoms with Crippen molar-refractivity contribution in [3.63, 3.8) is 0 Å². The van der Waals surface area contributed by atoms with Crippen LogP contribution in [0.15, 0.2) is 24.3 Å². The number of benzene rings is 1. The van der Waals surface area contributed by atoms with Crippen LogP contribution in [0.3, 0.4) is 0 Å². The van der Waals surface area contributed by atoms with Gasteiger partial charge >= 0.3 is 5.97 Å². The van der Waals surface area contributed by atoms with Gasteiger partial charge in [-0.25, -0.2) is 0 Å². The lowest BCUT2D eigenvalue weighted by Gasteiger charge is -2.19. The van der Waals surface area contributed by atoms with Crippen molar-refractivity contribution in [3.8, 4) is 0 Å². The maximum Gasteiger partial charge on any atom is 0.305 e. The van der Waals surface area contributed by atoms with Crippen LogP contribution < -0.4 is 5.32 Å². The van der Waals surface area contributed by atoms with E-state index in [4.69, 9.17) is 21.4 Å². The third kappa shape index (κ3) is 3.95. The van der Waals surface area contributed by atoms with Crippen LogP contribution in [0.25, 0.3) is 0 Å². The van der Waals surface area contributed by atoms with E-state index in [9.17, 15) is 9.59 Å². The number of carbonyl (C=O) groups excluding carboxylic acids is 1. The zero-order valence-corrected chi connectivity index (χ0v) is 11.6. The average molecular weight is 298 g/mol. The van der Waals surface area contributed by atoms with Gasteiger partial charge in [-0.2, -0.15) is 0 Å². The number of hydrogen-bond donors (Lipinski definition) is 2. The van der Waals surface area contributed by atoms with Gasteiger partial charge in [0, 0.05) is 11.6 Å². The van der Waals surface area contributed by atoms with Gasteiger partial charge in [-0.3, -0.25) is 9.59 Å². The van der Waals surface area contributed by atoms with Gasteiger partial charge in [0.1, 0.15) is 0 Å². The van der Waals surface area contributed by atoms with Crippen molar-refractivity contribution in [1.29, 1.82) is 0 Å². The van der Waals surface area contributed by atoms with E-state index in [1.807, 2.05) is 0 Å². The van der Waals surface area contributed by atoms with E-state index in [2.05, 4.69) is 5.32 Å². The van der Waals surface area contributed by atoms with Gasteiger partial charge in [0.15, 0.2) is 0 Å². The Balaban J connectivity index is 2.08. The molecule has 2 N–H and O–H groups in total. The number of rotatable bonds is 5. The Morgan fingerprint density at radius 3 is 2.65 bits per heavy atom. The normalized spacial score (nSPS) is 19.6. The van der Waals surface area contributed by atoms with Crippen molar-refractivity contribution < 1.29 is 19.4 Å². The first kappa shape index (κ1) is 14.8. The van der Waals surface area contributed by atoms with Crippen LogP contribution in [0, 0.1) is 5.92 Å². The van der Waals surface area contributed by atoms with E-state index >= 15 is 0 Å². The summed E-state index contributed by atoms with van der Waals surface area (Å²) in [6.45, 7) is 0.967. The van der Waals surface area contributed by atoms with Crippen LogP contribution in [0.1, 0.15) is 24.4 Å². The van der Waals surface area contributed by atoms with Crippen LogP contribution in [-0.4, -0.2) is 30.2 Å². The molecule has 1 amide bonds. The number of carboxylic acid groups (broad SMARTS) is 1. The molecule has 2 rings (SSSR count). The predicted octanol–water partition coefficient (Wildman–Crippen LogP) is 2.01. The number of carbonyl (C=O) groups is 2. The smallest absolute Gasteiger partial charge is 0.305 e. The largest absolute Gasteiger partial charge is 0.481 e. The molecule has 1 unspecified atom stereocenters. The lowest BCUT2D eigenvalue weighted by Crippen LogP contribution is -2.35. The van der Waals surface area contributed by atoms with Gasteiger partial charge in [-0.1, -0.05) is 23.7 Å². The number of hydrogen-bond acceptors (Lipinski definition) is 3. The summed E-state index contributed by atoms with van der Waals surface area (Å²) in [5.74, 6) is -1.32. The molecule has 1 saturated heterocycles. The minimum absolute atomic E-state index is 0.163. The van der Waals surface area contributed by atoms with Crippen LogP contribution >= 0.6 is 11.6 Å². The number of ether oxygens (including phenoxy) is 1. The third-order valence-corrected chi connectivity index (χ3v) is 3.52. The SMILES string of the molecule is O=C(O)C[C@H](NC(=O)C1CCOC1)c1ccc(Cl)cc1. The van der Waals surface area contributed by atoms with Crippen molar-refractivity contribution >= 4 is 23.5 Å². The molecule has 1 aromatic carbocycles. The molecule has 1 fully saturated rings. The third-order valence-electron chi connectivity index (χ3n) is 3.27. The maximum absolute atomic E-state index is 12.1. The summed E-state index contributed by atoms with van der Waals surface area (Å²) in [6, 6.07) is 6.24. The Morgan fingerprint density at radius 1 is 1.40 bits per heavy atom. The van der Waals surface area contributed by atoms with Gasteiger partial charge in [0.05, 0.1) is 25.0 Å². The van der Waals surface area contributed by atoms with Crippen LogP contribution in [0.4, 0.5) is 0 Å². The van der Waals surface area contributed by atoms with Crippen molar-refractivity contribution in [1.82, 2.24) is 5.32 Å². The summed E-state index contributed by atoms with van der Waals surface area (Å²) in [6.07, 6.45) is 0.507. The summed E-state index contributed by atoms with van der Waals surface area (Å²) in [4.78, 5) is 23.0. The highest BCUT2D eigenvalue weighted by Gasteiger charge is 2.26. The van der Waals surface area contributed by atoms with Gasteiger partial charge in [-0.05, 0) is 24.1 Å². The fraction of sp³-hybridized carbons (Fsp3) is 0.429. The topological polar surface area (TPSA) is 75.6 Å². The first-order valence-electron chi connectivity index (χ1n) is 6.41. The molecule has 1 aromatic rings. The molecule has 1 aliphatic heterocycles. The van der Waals surface area contributed by atoms with Crippen LogP contribution in [0.2, 0.25) is 5.02 Å². The first-order chi connectivity index (χ1) is 9.56. The molecule has 2 atom stereocenters. The Morgan fingerprint density at radius 2 is 2.10 bits per heavy atom. The molecule has 108 valence electrons. The molecule has 1 aliphatic rings. The standard InChI is InChI=1S/C14H16ClNO4/c15-11-3-1-9(2-4-11)12(7-13(17)18)16-14(19)10-5-6-20-8-10/h1-4,10,12H,5-8H2,(H,16,19)(H,17,18)/t10?,12-/m0/s1. The molecular weight excluding hydrogens is 282 g/mol. The van der Waals surface area contributed by atoms with Gasteiger partial charge in [0.25, 0.3) is 0 Å². The zero-order valence-electron chi connectivity index (χ0n) is 10.8. The molecule has 0 aromatic heterocycles. The van der Waals surface area contributed by atoms with Gasteiger partial charge in [-0.15, -0.1) is 0 Å². The quantitative estimate of drug-likeness (QED) is 0.872. The monoisotopic (exact) mass is 297 g/mol. The minimum atomic E-state index is -0.965. The van der Waals surface area contributed by atoms with E-state index in [1.54, 1.807) is 24.3 Å². The van der Waals surface area contributed by atoms with E-state index in [0.717, 1.165) is 5.56 Å². The number of carboxylic acids is 1. The Hall–Kier alpha value is -1.59. The second kappa shape index (κ2) is 6.72. The van der Waals surface area contributed by atoms with Crippen LogP contribution in [0.5, 0.6) is 0 Å². The second-order valence-electron chi connectivity index (χ2n) is 4.77. The molecule has 20 heavy (non-hydrogen) atoms. The minimum Gasteiger partial charge on any atom is -0.481 e. The Kier molecular flexibility index (Phi) is 4.98. The number of nitrogens with one attached hydrogen (secondary N) is 1. The van der Waals surface area contributed by atoms with Gasteiger partial charge in [0.2, 0.25) is 5.91 Å². The molecule has 1 heterocycles. The number of halogens is 1. The van der Waals surface area contributed by atoms with Gasteiger partial charge < -0.3 is 15.2 Å². The molecule has 5 nitrogen and oxygen atoms in total. The highest BCUT2D eigenvalue weighted by molar-refractivity contribution is 6.30.